The third-order valence-corrected chi connectivity index (χ3v) is 2.29. The van der Waals surface area contributed by atoms with Gasteiger partial charge in [0.2, 0.25) is 0 Å². The van der Waals surface area contributed by atoms with E-state index in [9.17, 15) is 4.79 Å². The van der Waals surface area contributed by atoms with E-state index in [2.05, 4.69) is 0 Å². The number of nitrogens with zero attached hydrogens (tertiary/aromatic N) is 1. The molecule has 1 aromatic carbocycles. The largest absolute Gasteiger partial charge is 0.478 e. The van der Waals surface area contributed by atoms with Gasteiger partial charge >= 0.3 is 5.97 Å². The maximum Gasteiger partial charge on any atom is 0.328 e. The second-order valence-corrected chi connectivity index (χ2v) is 3.68. The molecule has 0 aliphatic carbocycles. The van der Waals surface area contributed by atoms with Gasteiger partial charge in [-0.3, -0.25) is 4.90 Å². The van der Waals surface area contributed by atoms with Gasteiger partial charge in [0.1, 0.15) is 0 Å². The van der Waals surface area contributed by atoms with E-state index >= 15 is 0 Å². The first-order valence-electron chi connectivity index (χ1n) is 5.49. The summed E-state index contributed by atoms with van der Waals surface area (Å²) in [5.74, 6) is -0.950. The Kier molecular flexibility index (Phi) is 5.99. The number of aliphatic hydroxyl groups is 1. The molecule has 17 heavy (non-hydrogen) atoms. The van der Waals surface area contributed by atoms with Gasteiger partial charge in [0, 0.05) is 25.7 Å². The molecule has 0 bridgehead atoms. The fourth-order valence-electron chi connectivity index (χ4n) is 1.52. The van der Waals surface area contributed by atoms with Crippen LogP contribution in [0.15, 0.2) is 42.5 Å². The van der Waals surface area contributed by atoms with E-state index in [4.69, 9.17) is 10.2 Å². The Labute approximate surface area is 101 Å². The quantitative estimate of drug-likeness (QED) is 0.695. The minimum atomic E-state index is -0.950. The second kappa shape index (κ2) is 7.60. The van der Waals surface area contributed by atoms with Gasteiger partial charge < -0.3 is 10.2 Å². The Hall–Kier alpha value is -1.65. The van der Waals surface area contributed by atoms with Crippen molar-refractivity contribution in [1.82, 2.24) is 4.90 Å². The predicted octanol–water partition coefficient (Wildman–Crippen LogP) is 1.12. The number of rotatable bonds is 7. The molecule has 4 heteroatoms. The van der Waals surface area contributed by atoms with E-state index in [-0.39, 0.29) is 6.61 Å². The van der Waals surface area contributed by atoms with Gasteiger partial charge in [0.05, 0.1) is 6.61 Å². The van der Waals surface area contributed by atoms with Crippen molar-refractivity contribution in [2.45, 2.75) is 6.54 Å². The lowest BCUT2D eigenvalue weighted by Crippen LogP contribution is -2.26. The molecule has 0 aliphatic heterocycles. The average Bonchev–Trinajstić information content (AvgIpc) is 2.30. The van der Waals surface area contributed by atoms with E-state index in [0.29, 0.717) is 19.6 Å². The van der Waals surface area contributed by atoms with E-state index in [1.165, 1.54) is 0 Å². The van der Waals surface area contributed by atoms with Crippen LogP contribution in [0.3, 0.4) is 0 Å². The Morgan fingerprint density at radius 2 is 2.00 bits per heavy atom. The van der Waals surface area contributed by atoms with Gasteiger partial charge in [0.15, 0.2) is 0 Å². The molecule has 0 radical (unpaired) electrons. The number of benzene rings is 1. The minimum absolute atomic E-state index is 0.0632. The van der Waals surface area contributed by atoms with Crippen molar-refractivity contribution in [2.24, 2.45) is 0 Å². The topological polar surface area (TPSA) is 60.8 Å². The summed E-state index contributed by atoms with van der Waals surface area (Å²) >= 11 is 0. The summed E-state index contributed by atoms with van der Waals surface area (Å²) in [5, 5.41) is 17.4. The number of hydrogen-bond acceptors (Lipinski definition) is 3. The second-order valence-electron chi connectivity index (χ2n) is 3.68. The lowest BCUT2D eigenvalue weighted by molar-refractivity contribution is -0.131. The van der Waals surface area contributed by atoms with Gasteiger partial charge in [0.25, 0.3) is 0 Å². The van der Waals surface area contributed by atoms with Crippen LogP contribution in [0.1, 0.15) is 5.56 Å². The maximum atomic E-state index is 10.3. The molecule has 0 atom stereocenters. The Bertz CT molecular complexity index is 362. The van der Waals surface area contributed by atoms with Crippen molar-refractivity contribution in [2.75, 3.05) is 19.7 Å². The van der Waals surface area contributed by atoms with Crippen molar-refractivity contribution < 1.29 is 15.0 Å². The van der Waals surface area contributed by atoms with Crippen molar-refractivity contribution in [3.8, 4) is 0 Å². The van der Waals surface area contributed by atoms with Crippen LogP contribution in [-0.2, 0) is 11.3 Å². The van der Waals surface area contributed by atoms with Crippen molar-refractivity contribution in [3.63, 3.8) is 0 Å². The van der Waals surface area contributed by atoms with Crippen LogP contribution in [0.4, 0.5) is 0 Å². The highest BCUT2D eigenvalue weighted by molar-refractivity contribution is 5.79. The molecule has 2 N–H and O–H groups in total. The molecule has 0 amide bonds. The zero-order chi connectivity index (χ0) is 12.5. The first-order chi connectivity index (χ1) is 8.22. The van der Waals surface area contributed by atoms with Crippen LogP contribution in [0.25, 0.3) is 0 Å². The minimum Gasteiger partial charge on any atom is -0.478 e. The first-order valence-corrected chi connectivity index (χ1v) is 5.49. The Balaban J connectivity index is 2.51. The lowest BCUT2D eigenvalue weighted by atomic mass is 10.2. The number of carbonyl (C=O) groups is 1. The molecule has 0 aliphatic rings. The van der Waals surface area contributed by atoms with E-state index in [0.717, 1.165) is 11.6 Å². The smallest absolute Gasteiger partial charge is 0.328 e. The van der Waals surface area contributed by atoms with Crippen LogP contribution in [0.5, 0.6) is 0 Å². The molecular formula is C13H17NO3. The summed E-state index contributed by atoms with van der Waals surface area (Å²) < 4.78 is 0. The zero-order valence-corrected chi connectivity index (χ0v) is 9.62. The highest BCUT2D eigenvalue weighted by Crippen LogP contribution is 2.03. The molecule has 4 nitrogen and oxygen atoms in total. The van der Waals surface area contributed by atoms with Gasteiger partial charge in [-0.25, -0.2) is 4.79 Å². The molecule has 0 saturated heterocycles. The SMILES string of the molecule is O=C(O)C=CCN(CCO)Cc1ccccc1. The van der Waals surface area contributed by atoms with E-state index in [1.54, 1.807) is 6.08 Å². The summed E-state index contributed by atoms with van der Waals surface area (Å²) in [6.07, 6.45) is 2.70. The molecule has 0 aromatic heterocycles. The monoisotopic (exact) mass is 235 g/mol. The molecule has 1 rings (SSSR count). The number of carboxylic acid groups (broad SMARTS) is 1. The highest BCUT2D eigenvalue weighted by atomic mass is 16.4. The number of aliphatic hydroxyl groups excluding tert-OH is 1. The van der Waals surface area contributed by atoms with E-state index in [1.807, 2.05) is 35.2 Å². The highest BCUT2D eigenvalue weighted by Gasteiger charge is 2.03. The third kappa shape index (κ3) is 5.85. The number of aliphatic carboxylic acids is 1. The summed E-state index contributed by atoms with van der Waals surface area (Å²) in [7, 11) is 0. The fourth-order valence-corrected chi connectivity index (χ4v) is 1.52. The normalized spacial score (nSPS) is 11.2. The van der Waals surface area contributed by atoms with Crippen LogP contribution in [0.2, 0.25) is 0 Å². The standard InChI is InChI=1S/C13H17NO3/c15-10-9-14(8-4-7-13(16)17)11-12-5-2-1-3-6-12/h1-7,15H,8-11H2,(H,16,17). The summed E-state index contributed by atoms with van der Waals surface area (Å²) in [6.45, 7) is 1.81. The van der Waals surface area contributed by atoms with E-state index < -0.39 is 5.97 Å². The van der Waals surface area contributed by atoms with Gasteiger partial charge in [-0.1, -0.05) is 36.4 Å². The summed E-state index contributed by atoms with van der Waals surface area (Å²) in [6, 6.07) is 9.87. The van der Waals surface area contributed by atoms with Gasteiger partial charge in [-0.05, 0) is 5.56 Å². The zero-order valence-electron chi connectivity index (χ0n) is 9.62. The number of hydrogen-bond donors (Lipinski definition) is 2. The van der Waals surface area contributed by atoms with Crippen LogP contribution in [0, 0.1) is 0 Å². The summed E-state index contributed by atoms with van der Waals surface area (Å²) in [4.78, 5) is 12.3. The molecule has 0 fully saturated rings. The van der Waals surface area contributed by atoms with Crippen LogP contribution in [-0.4, -0.2) is 40.8 Å². The lowest BCUT2D eigenvalue weighted by Gasteiger charge is -2.19. The van der Waals surface area contributed by atoms with Crippen molar-refractivity contribution in [3.05, 3.63) is 48.0 Å². The molecule has 0 spiro atoms. The van der Waals surface area contributed by atoms with Crippen LogP contribution < -0.4 is 0 Å². The van der Waals surface area contributed by atoms with Crippen molar-refractivity contribution >= 4 is 5.97 Å². The maximum absolute atomic E-state index is 10.3. The summed E-state index contributed by atoms with van der Waals surface area (Å²) in [5.41, 5.74) is 1.14. The van der Waals surface area contributed by atoms with Gasteiger partial charge in [-0.15, -0.1) is 0 Å². The average molecular weight is 235 g/mol. The van der Waals surface area contributed by atoms with Gasteiger partial charge in [-0.2, -0.15) is 0 Å². The predicted molar refractivity (Wildman–Crippen MR) is 65.6 cm³/mol. The van der Waals surface area contributed by atoms with Crippen LogP contribution >= 0.6 is 0 Å². The van der Waals surface area contributed by atoms with Crippen molar-refractivity contribution in [1.29, 1.82) is 0 Å². The number of carboxylic acids is 1. The Morgan fingerprint density at radius 1 is 1.29 bits per heavy atom. The first kappa shape index (κ1) is 13.4. The molecule has 0 saturated carbocycles. The third-order valence-electron chi connectivity index (χ3n) is 2.29. The molecule has 92 valence electrons. The molecular weight excluding hydrogens is 218 g/mol. The molecule has 0 unspecified atom stereocenters. The molecule has 1 aromatic rings. The Morgan fingerprint density at radius 3 is 2.59 bits per heavy atom. The fraction of sp³-hybridized carbons (Fsp3) is 0.308. The molecule has 0 heterocycles.